The zero-order valence-electron chi connectivity index (χ0n) is 8.20. The smallest absolute Gasteiger partial charge is 0.103 e. The highest BCUT2D eigenvalue weighted by atomic mass is 16.4. The molecule has 0 saturated heterocycles. The maximum atomic E-state index is 8.82. The van der Waals surface area contributed by atoms with Crippen LogP contribution in [0.4, 0.5) is 0 Å². The second-order valence-corrected chi connectivity index (χ2v) is 3.15. The van der Waals surface area contributed by atoms with E-state index in [4.69, 9.17) is 5.21 Å². The lowest BCUT2D eigenvalue weighted by Gasteiger charge is -2.04. The first-order valence-corrected chi connectivity index (χ1v) is 4.62. The van der Waals surface area contributed by atoms with Gasteiger partial charge in [0.1, 0.15) is 5.71 Å². The van der Waals surface area contributed by atoms with Crippen LogP contribution in [0.1, 0.15) is 31.9 Å². The molecule has 0 amide bonds. The highest BCUT2D eigenvalue weighted by Gasteiger charge is 2.06. The van der Waals surface area contributed by atoms with Crippen LogP contribution < -0.4 is 0 Å². The van der Waals surface area contributed by atoms with E-state index in [1.54, 1.807) is 0 Å². The molecule has 0 bridgehead atoms. The Bertz CT molecular complexity index is 289. The average Bonchev–Trinajstić information content (AvgIpc) is 2.54. The van der Waals surface area contributed by atoms with Gasteiger partial charge in [0.15, 0.2) is 0 Å². The maximum Gasteiger partial charge on any atom is 0.103 e. The topological polar surface area (TPSA) is 37.5 Å². The Balaban J connectivity index is 2.74. The molecule has 3 nitrogen and oxygen atoms in total. The molecule has 0 aromatic carbocycles. The summed E-state index contributed by atoms with van der Waals surface area (Å²) in [5.74, 6) is 0. The minimum Gasteiger partial charge on any atom is -0.411 e. The van der Waals surface area contributed by atoms with Crippen molar-refractivity contribution in [2.24, 2.45) is 12.2 Å². The number of oxime groups is 1. The highest BCUT2D eigenvalue weighted by molar-refractivity contribution is 5.98. The Morgan fingerprint density at radius 1 is 1.62 bits per heavy atom. The van der Waals surface area contributed by atoms with Gasteiger partial charge in [-0.2, -0.15) is 0 Å². The van der Waals surface area contributed by atoms with Gasteiger partial charge in [-0.15, -0.1) is 0 Å². The standard InChI is InChI=1S/C10H16N2O/c1-3-4-6-9(11-13)10-7-5-8-12(10)2/h5,7-8,13H,3-4,6H2,1-2H3. The third-order valence-electron chi connectivity index (χ3n) is 2.13. The third-order valence-corrected chi connectivity index (χ3v) is 2.13. The fourth-order valence-corrected chi connectivity index (χ4v) is 1.33. The summed E-state index contributed by atoms with van der Waals surface area (Å²) in [6.07, 6.45) is 4.96. The quantitative estimate of drug-likeness (QED) is 0.431. The summed E-state index contributed by atoms with van der Waals surface area (Å²) >= 11 is 0. The number of aryl methyl sites for hydroxylation is 1. The average molecular weight is 180 g/mol. The summed E-state index contributed by atoms with van der Waals surface area (Å²) in [4.78, 5) is 0. The van der Waals surface area contributed by atoms with E-state index < -0.39 is 0 Å². The lowest BCUT2D eigenvalue weighted by molar-refractivity contribution is 0.317. The molecule has 0 atom stereocenters. The molecule has 3 heteroatoms. The number of rotatable bonds is 4. The molecule has 0 saturated carbocycles. The number of hydrogen-bond donors (Lipinski definition) is 1. The highest BCUT2D eigenvalue weighted by Crippen LogP contribution is 2.07. The predicted molar refractivity (Wildman–Crippen MR) is 53.3 cm³/mol. The van der Waals surface area contributed by atoms with Crippen LogP contribution in [0.15, 0.2) is 23.5 Å². The predicted octanol–water partition coefficient (Wildman–Crippen LogP) is 2.39. The summed E-state index contributed by atoms with van der Waals surface area (Å²) in [5.41, 5.74) is 1.77. The van der Waals surface area contributed by atoms with Gasteiger partial charge in [-0.1, -0.05) is 18.5 Å². The van der Waals surface area contributed by atoms with Crippen molar-refractivity contribution in [3.05, 3.63) is 24.0 Å². The zero-order valence-corrected chi connectivity index (χ0v) is 8.20. The van der Waals surface area contributed by atoms with Crippen LogP contribution >= 0.6 is 0 Å². The van der Waals surface area contributed by atoms with Gasteiger partial charge >= 0.3 is 0 Å². The van der Waals surface area contributed by atoms with Crippen molar-refractivity contribution in [3.63, 3.8) is 0 Å². The van der Waals surface area contributed by atoms with Gasteiger partial charge in [0.25, 0.3) is 0 Å². The van der Waals surface area contributed by atoms with Crippen molar-refractivity contribution in [2.45, 2.75) is 26.2 Å². The molecule has 0 spiro atoms. The van der Waals surface area contributed by atoms with Gasteiger partial charge in [0.05, 0.1) is 5.69 Å². The van der Waals surface area contributed by atoms with Crippen LogP contribution in [0.2, 0.25) is 0 Å². The molecule has 1 aromatic heterocycles. The fraction of sp³-hybridized carbons (Fsp3) is 0.500. The third kappa shape index (κ3) is 2.34. The van der Waals surface area contributed by atoms with Crippen LogP contribution in [0.25, 0.3) is 0 Å². The van der Waals surface area contributed by atoms with Crippen LogP contribution in [-0.4, -0.2) is 15.5 Å². The molecule has 0 aliphatic carbocycles. The van der Waals surface area contributed by atoms with Crippen molar-refractivity contribution >= 4 is 5.71 Å². The van der Waals surface area contributed by atoms with Crippen LogP contribution in [0.3, 0.4) is 0 Å². The first kappa shape index (κ1) is 9.84. The van der Waals surface area contributed by atoms with Crippen molar-refractivity contribution in [1.29, 1.82) is 0 Å². The molecule has 1 aromatic rings. The first-order chi connectivity index (χ1) is 6.29. The van der Waals surface area contributed by atoms with E-state index in [0.29, 0.717) is 0 Å². The Labute approximate surface area is 78.7 Å². The molecular weight excluding hydrogens is 164 g/mol. The molecular formula is C10H16N2O. The number of hydrogen-bond acceptors (Lipinski definition) is 2. The SMILES string of the molecule is CCCCC(=NO)c1cccn1C. The Morgan fingerprint density at radius 3 is 2.85 bits per heavy atom. The summed E-state index contributed by atoms with van der Waals surface area (Å²) < 4.78 is 1.96. The largest absolute Gasteiger partial charge is 0.411 e. The summed E-state index contributed by atoms with van der Waals surface area (Å²) in [6, 6.07) is 3.91. The van der Waals surface area contributed by atoms with Gasteiger partial charge < -0.3 is 9.77 Å². The minimum atomic E-state index is 0.773. The molecule has 1 heterocycles. The van der Waals surface area contributed by atoms with E-state index in [1.165, 1.54) is 0 Å². The van der Waals surface area contributed by atoms with Crippen LogP contribution in [0.5, 0.6) is 0 Å². The normalized spacial score (nSPS) is 12.0. The van der Waals surface area contributed by atoms with E-state index in [-0.39, 0.29) is 0 Å². The van der Waals surface area contributed by atoms with E-state index in [0.717, 1.165) is 30.7 Å². The number of aromatic nitrogens is 1. The van der Waals surface area contributed by atoms with Gasteiger partial charge in [0.2, 0.25) is 0 Å². The Morgan fingerprint density at radius 2 is 2.38 bits per heavy atom. The van der Waals surface area contributed by atoms with Crippen LogP contribution in [0, 0.1) is 0 Å². The molecule has 72 valence electrons. The van der Waals surface area contributed by atoms with E-state index >= 15 is 0 Å². The Kier molecular flexibility index (Phi) is 3.55. The van der Waals surface area contributed by atoms with Crippen molar-refractivity contribution in [1.82, 2.24) is 4.57 Å². The molecule has 0 radical (unpaired) electrons. The summed E-state index contributed by atoms with van der Waals surface area (Å²) in [7, 11) is 1.95. The minimum absolute atomic E-state index is 0.773. The molecule has 13 heavy (non-hydrogen) atoms. The molecule has 1 rings (SSSR count). The van der Waals surface area contributed by atoms with Gasteiger partial charge in [-0.25, -0.2) is 0 Å². The molecule has 0 unspecified atom stereocenters. The van der Waals surface area contributed by atoms with Gasteiger partial charge in [-0.3, -0.25) is 0 Å². The van der Waals surface area contributed by atoms with E-state index in [2.05, 4.69) is 12.1 Å². The van der Waals surface area contributed by atoms with Gasteiger partial charge in [-0.05, 0) is 25.0 Å². The summed E-state index contributed by atoms with van der Waals surface area (Å²) in [5, 5.41) is 12.1. The van der Waals surface area contributed by atoms with Gasteiger partial charge in [0, 0.05) is 13.2 Å². The second-order valence-electron chi connectivity index (χ2n) is 3.15. The van der Waals surface area contributed by atoms with Crippen LogP contribution in [-0.2, 0) is 7.05 Å². The lowest BCUT2D eigenvalue weighted by Crippen LogP contribution is -2.06. The molecule has 0 aliphatic heterocycles. The monoisotopic (exact) mass is 180 g/mol. The lowest BCUT2D eigenvalue weighted by atomic mass is 10.1. The Hall–Kier alpha value is -1.25. The van der Waals surface area contributed by atoms with Crippen molar-refractivity contribution in [3.8, 4) is 0 Å². The maximum absolute atomic E-state index is 8.82. The molecule has 0 aliphatic rings. The van der Waals surface area contributed by atoms with Crippen molar-refractivity contribution in [2.75, 3.05) is 0 Å². The van der Waals surface area contributed by atoms with Crippen molar-refractivity contribution < 1.29 is 5.21 Å². The van der Waals surface area contributed by atoms with E-state index in [9.17, 15) is 0 Å². The number of unbranched alkanes of at least 4 members (excludes halogenated alkanes) is 1. The zero-order chi connectivity index (χ0) is 9.68. The molecule has 1 N–H and O–H groups in total. The van der Waals surface area contributed by atoms with E-state index in [1.807, 2.05) is 29.9 Å². The number of nitrogens with zero attached hydrogens (tertiary/aromatic N) is 2. The summed E-state index contributed by atoms with van der Waals surface area (Å²) in [6.45, 7) is 2.12. The molecule has 0 fully saturated rings. The first-order valence-electron chi connectivity index (χ1n) is 4.62. The second kappa shape index (κ2) is 4.70. The fourth-order valence-electron chi connectivity index (χ4n) is 1.33.